The molecule has 0 bridgehead atoms. The van der Waals surface area contributed by atoms with Crippen molar-refractivity contribution in [2.24, 2.45) is 4.99 Å². The molecule has 1 unspecified atom stereocenters. The first kappa shape index (κ1) is 19.3. The van der Waals surface area contributed by atoms with Gasteiger partial charge in [0, 0.05) is 22.6 Å². The maximum atomic E-state index is 6.22. The molecule has 0 saturated heterocycles. The molecule has 0 aliphatic carbocycles. The van der Waals surface area contributed by atoms with E-state index in [9.17, 15) is 0 Å². The normalized spacial score (nSPS) is 18.4. The van der Waals surface area contributed by atoms with Crippen LogP contribution in [0.5, 0.6) is 17.2 Å². The molecule has 0 aromatic heterocycles. The van der Waals surface area contributed by atoms with Crippen LogP contribution in [-0.2, 0) is 5.41 Å². The van der Waals surface area contributed by atoms with E-state index < -0.39 is 0 Å². The van der Waals surface area contributed by atoms with Gasteiger partial charge in [0.25, 0.3) is 0 Å². The Labute approximate surface area is 165 Å². The van der Waals surface area contributed by atoms with Crippen molar-refractivity contribution in [1.29, 1.82) is 0 Å². The van der Waals surface area contributed by atoms with E-state index in [1.54, 1.807) is 21.3 Å². The van der Waals surface area contributed by atoms with Gasteiger partial charge in [0.15, 0.2) is 0 Å². The summed E-state index contributed by atoms with van der Waals surface area (Å²) >= 11 is 6.22. The third kappa shape index (κ3) is 3.42. The molecule has 2 aromatic carbocycles. The van der Waals surface area contributed by atoms with Gasteiger partial charge in [-0.3, -0.25) is 4.99 Å². The minimum Gasteiger partial charge on any atom is -0.496 e. The topological polar surface area (TPSA) is 40.0 Å². The van der Waals surface area contributed by atoms with Gasteiger partial charge in [-0.15, -0.1) is 0 Å². The van der Waals surface area contributed by atoms with Crippen molar-refractivity contribution < 1.29 is 14.2 Å². The van der Waals surface area contributed by atoms with E-state index in [1.165, 1.54) is 0 Å². The highest BCUT2D eigenvalue weighted by atomic mass is 35.5. The van der Waals surface area contributed by atoms with Gasteiger partial charge in [0.1, 0.15) is 17.2 Å². The average molecular weight is 386 g/mol. The first-order valence-corrected chi connectivity index (χ1v) is 9.22. The highest BCUT2D eigenvalue weighted by Gasteiger charge is 2.36. The van der Waals surface area contributed by atoms with Crippen LogP contribution in [0.15, 0.2) is 41.4 Å². The SMILES string of the molecule is CCC1(C)C(/C=C/c2c(OC)cc(OC)cc2OC)=Nc2ccc(Cl)cc21. The Bertz CT molecular complexity index is 895. The molecule has 0 N–H and O–H groups in total. The zero-order chi connectivity index (χ0) is 19.6. The molecule has 4 nitrogen and oxygen atoms in total. The molecule has 0 saturated carbocycles. The van der Waals surface area contributed by atoms with Crippen molar-refractivity contribution in [3.05, 3.63) is 52.6 Å². The van der Waals surface area contributed by atoms with Gasteiger partial charge >= 0.3 is 0 Å². The van der Waals surface area contributed by atoms with Gasteiger partial charge in [0.2, 0.25) is 0 Å². The molecule has 0 spiro atoms. The van der Waals surface area contributed by atoms with Gasteiger partial charge < -0.3 is 14.2 Å². The molecule has 0 fully saturated rings. The fraction of sp³-hybridized carbons (Fsp3) is 0.318. The number of hydrogen-bond donors (Lipinski definition) is 0. The summed E-state index contributed by atoms with van der Waals surface area (Å²) in [6, 6.07) is 9.54. The summed E-state index contributed by atoms with van der Waals surface area (Å²) < 4.78 is 16.4. The molecule has 142 valence electrons. The second-order valence-electron chi connectivity index (χ2n) is 6.62. The maximum absolute atomic E-state index is 6.22. The van der Waals surface area contributed by atoms with Crippen molar-refractivity contribution in [1.82, 2.24) is 0 Å². The van der Waals surface area contributed by atoms with Crippen molar-refractivity contribution in [3.8, 4) is 17.2 Å². The number of benzene rings is 2. The number of fused-ring (bicyclic) bond motifs is 1. The Balaban J connectivity index is 2.04. The lowest BCUT2D eigenvalue weighted by Crippen LogP contribution is -2.27. The van der Waals surface area contributed by atoms with E-state index in [2.05, 4.69) is 13.8 Å². The van der Waals surface area contributed by atoms with Crippen LogP contribution in [0.25, 0.3) is 6.08 Å². The lowest BCUT2D eigenvalue weighted by molar-refractivity contribution is 0.374. The van der Waals surface area contributed by atoms with Crippen molar-refractivity contribution in [3.63, 3.8) is 0 Å². The van der Waals surface area contributed by atoms with E-state index in [0.717, 1.165) is 34.0 Å². The Morgan fingerprint density at radius 1 is 1.00 bits per heavy atom. The number of methoxy groups -OCH3 is 3. The molecule has 5 heteroatoms. The molecule has 2 aromatic rings. The molecule has 1 aliphatic rings. The monoisotopic (exact) mass is 385 g/mol. The van der Waals surface area contributed by atoms with Crippen LogP contribution in [0.2, 0.25) is 5.02 Å². The minimum atomic E-state index is -0.191. The standard InChI is InChI=1S/C22H24ClNO3/c1-6-22(2)17-11-14(23)7-9-18(17)24-21(22)10-8-16-19(26-4)12-15(25-3)13-20(16)27-5/h7-13H,6H2,1-5H3/b10-8+. The lowest BCUT2D eigenvalue weighted by atomic mass is 9.77. The summed E-state index contributed by atoms with van der Waals surface area (Å²) in [5.74, 6) is 2.04. The van der Waals surface area contributed by atoms with Crippen molar-refractivity contribution >= 4 is 29.1 Å². The van der Waals surface area contributed by atoms with Crippen LogP contribution in [0, 0.1) is 0 Å². The van der Waals surface area contributed by atoms with Gasteiger partial charge in [-0.05, 0) is 49.3 Å². The number of rotatable bonds is 6. The second-order valence-corrected chi connectivity index (χ2v) is 7.06. The van der Waals surface area contributed by atoms with E-state index in [-0.39, 0.29) is 5.41 Å². The fourth-order valence-corrected chi connectivity index (χ4v) is 3.56. The van der Waals surface area contributed by atoms with Gasteiger partial charge in [-0.1, -0.05) is 18.5 Å². The first-order valence-electron chi connectivity index (χ1n) is 8.84. The van der Waals surface area contributed by atoms with Gasteiger partial charge in [-0.25, -0.2) is 0 Å². The number of hydrogen-bond acceptors (Lipinski definition) is 4. The van der Waals surface area contributed by atoms with Crippen LogP contribution in [-0.4, -0.2) is 27.0 Å². The van der Waals surface area contributed by atoms with Crippen LogP contribution in [0.3, 0.4) is 0 Å². The van der Waals surface area contributed by atoms with Crippen LogP contribution in [0.1, 0.15) is 31.4 Å². The summed E-state index contributed by atoms with van der Waals surface area (Å²) in [4.78, 5) is 4.84. The van der Waals surface area contributed by atoms with E-state index in [4.69, 9.17) is 30.8 Å². The van der Waals surface area contributed by atoms with Gasteiger partial charge in [-0.2, -0.15) is 0 Å². The Hall–Kier alpha value is -2.46. The summed E-state index contributed by atoms with van der Waals surface area (Å²) in [6.07, 6.45) is 4.93. The van der Waals surface area contributed by atoms with Crippen LogP contribution >= 0.6 is 11.6 Å². The van der Waals surface area contributed by atoms with Crippen molar-refractivity contribution in [2.45, 2.75) is 25.7 Å². The second kappa shape index (κ2) is 7.65. The smallest absolute Gasteiger partial charge is 0.133 e. The zero-order valence-corrected chi connectivity index (χ0v) is 17.1. The van der Waals surface area contributed by atoms with Crippen molar-refractivity contribution in [2.75, 3.05) is 21.3 Å². The largest absolute Gasteiger partial charge is 0.496 e. The molecular weight excluding hydrogens is 362 g/mol. The Morgan fingerprint density at radius 3 is 2.22 bits per heavy atom. The van der Waals surface area contributed by atoms with E-state index >= 15 is 0 Å². The molecular formula is C22H24ClNO3. The zero-order valence-electron chi connectivity index (χ0n) is 16.3. The third-order valence-electron chi connectivity index (χ3n) is 5.23. The van der Waals surface area contributed by atoms with E-state index in [0.29, 0.717) is 17.2 Å². The fourth-order valence-electron chi connectivity index (χ4n) is 3.39. The first-order chi connectivity index (χ1) is 13.0. The molecule has 0 amide bonds. The maximum Gasteiger partial charge on any atom is 0.133 e. The Morgan fingerprint density at radius 2 is 1.67 bits per heavy atom. The summed E-state index contributed by atoms with van der Waals surface area (Å²) in [5.41, 5.74) is 3.77. The number of nitrogens with zero attached hydrogens (tertiary/aromatic N) is 1. The van der Waals surface area contributed by atoms with Gasteiger partial charge in [0.05, 0.1) is 38.3 Å². The molecule has 3 rings (SSSR count). The lowest BCUT2D eigenvalue weighted by Gasteiger charge is -2.24. The summed E-state index contributed by atoms with van der Waals surface area (Å²) in [6.45, 7) is 4.36. The number of allylic oxidation sites excluding steroid dienone is 1. The highest BCUT2D eigenvalue weighted by molar-refractivity contribution is 6.31. The Kier molecular flexibility index (Phi) is 5.47. The van der Waals surface area contributed by atoms with Crippen LogP contribution in [0.4, 0.5) is 5.69 Å². The number of aliphatic imine (C=N–C) groups is 1. The molecule has 0 radical (unpaired) electrons. The summed E-state index contributed by atoms with van der Waals surface area (Å²) in [5, 5.41) is 0.729. The number of ether oxygens (including phenoxy) is 3. The molecule has 1 heterocycles. The molecule has 1 atom stereocenters. The minimum absolute atomic E-state index is 0.191. The third-order valence-corrected chi connectivity index (χ3v) is 5.46. The summed E-state index contributed by atoms with van der Waals surface area (Å²) in [7, 11) is 4.88. The molecule has 1 aliphatic heterocycles. The highest BCUT2D eigenvalue weighted by Crippen LogP contribution is 2.44. The van der Waals surface area contributed by atoms with E-state index in [1.807, 2.05) is 42.5 Å². The predicted molar refractivity (Wildman–Crippen MR) is 111 cm³/mol. The predicted octanol–water partition coefficient (Wildman–Crippen LogP) is 5.83. The molecule has 27 heavy (non-hydrogen) atoms. The quantitative estimate of drug-likeness (QED) is 0.627. The number of halogens is 1. The van der Waals surface area contributed by atoms with Crippen LogP contribution < -0.4 is 14.2 Å². The average Bonchev–Trinajstić information content (AvgIpc) is 2.97.